The topological polar surface area (TPSA) is 0 Å². The first-order valence-electron chi connectivity index (χ1n) is 6.10. The first-order chi connectivity index (χ1) is 6.45. The van der Waals surface area contributed by atoms with Gasteiger partial charge in [-0.05, 0) is 0 Å². The normalized spacial score (nSPS) is 27.7. The average molecular weight is 245 g/mol. The van der Waals surface area contributed by atoms with E-state index in [1.165, 1.54) is 22.5 Å². The zero-order valence-corrected chi connectivity index (χ0v) is 10.3. The van der Waals surface area contributed by atoms with Gasteiger partial charge in [0.25, 0.3) is 0 Å². The van der Waals surface area contributed by atoms with E-state index in [1.807, 2.05) is 0 Å². The van der Waals surface area contributed by atoms with Gasteiger partial charge in [0.2, 0.25) is 0 Å². The zero-order valence-electron chi connectivity index (χ0n) is 8.63. The molecule has 2 aliphatic rings. The molecule has 0 bridgehead atoms. The van der Waals surface area contributed by atoms with Gasteiger partial charge in [-0.3, -0.25) is 0 Å². The predicted octanol–water partition coefficient (Wildman–Crippen LogP) is 4.20. The van der Waals surface area contributed by atoms with Gasteiger partial charge in [-0.15, -0.1) is 0 Å². The molecule has 0 radical (unpaired) electrons. The summed E-state index contributed by atoms with van der Waals surface area (Å²) < 4.78 is 0. The van der Waals surface area contributed by atoms with E-state index in [2.05, 4.69) is 0 Å². The van der Waals surface area contributed by atoms with E-state index < -0.39 is 0 Å². The van der Waals surface area contributed by atoms with Crippen LogP contribution in [0.4, 0.5) is 0 Å². The third kappa shape index (κ3) is 3.29. The molecule has 0 aromatic rings. The Balaban J connectivity index is 1.69. The Bertz CT molecular complexity index is 116. The van der Waals surface area contributed by atoms with Crippen molar-refractivity contribution in [2.45, 2.75) is 73.8 Å². The SMILES string of the molecule is C1CCC([Se]C2CCCCC2)CC1. The van der Waals surface area contributed by atoms with Gasteiger partial charge in [0.05, 0.1) is 0 Å². The first-order valence-corrected chi connectivity index (χ1v) is 8.08. The monoisotopic (exact) mass is 246 g/mol. The molecule has 0 aromatic heterocycles. The van der Waals surface area contributed by atoms with Crippen molar-refractivity contribution in [1.29, 1.82) is 0 Å². The molecule has 0 N–H and O–H groups in total. The van der Waals surface area contributed by atoms with Gasteiger partial charge in [0.1, 0.15) is 0 Å². The van der Waals surface area contributed by atoms with Gasteiger partial charge in [-0.1, -0.05) is 0 Å². The summed E-state index contributed by atoms with van der Waals surface area (Å²) in [5.74, 6) is 0. The third-order valence-corrected chi connectivity index (χ3v) is 7.08. The molecule has 0 aromatic carbocycles. The Morgan fingerprint density at radius 3 is 1.31 bits per heavy atom. The zero-order chi connectivity index (χ0) is 8.93. The van der Waals surface area contributed by atoms with Gasteiger partial charge in [0, 0.05) is 0 Å². The molecule has 0 unspecified atom stereocenters. The molecule has 2 aliphatic carbocycles. The summed E-state index contributed by atoms with van der Waals surface area (Å²) >= 11 is 1.01. The van der Waals surface area contributed by atoms with Gasteiger partial charge in [0.15, 0.2) is 0 Å². The molecule has 2 rings (SSSR count). The summed E-state index contributed by atoms with van der Waals surface area (Å²) in [6.07, 6.45) is 15.5. The second-order valence-electron chi connectivity index (χ2n) is 4.66. The van der Waals surface area contributed by atoms with Crippen LogP contribution in [-0.2, 0) is 0 Å². The third-order valence-electron chi connectivity index (χ3n) is 3.49. The van der Waals surface area contributed by atoms with E-state index in [4.69, 9.17) is 0 Å². The fraction of sp³-hybridized carbons (Fsp3) is 1.00. The quantitative estimate of drug-likeness (QED) is 0.640. The molecule has 76 valence electrons. The molecule has 1 heteroatoms. The molecular weight excluding hydrogens is 223 g/mol. The van der Waals surface area contributed by atoms with E-state index in [-0.39, 0.29) is 0 Å². The van der Waals surface area contributed by atoms with Gasteiger partial charge in [-0.2, -0.15) is 0 Å². The Kier molecular flexibility index (Phi) is 4.19. The summed E-state index contributed by atoms with van der Waals surface area (Å²) in [6.45, 7) is 0. The van der Waals surface area contributed by atoms with Crippen molar-refractivity contribution in [3.63, 3.8) is 0 Å². The molecule has 0 spiro atoms. The molecule has 13 heavy (non-hydrogen) atoms. The summed E-state index contributed by atoms with van der Waals surface area (Å²) in [4.78, 5) is 2.37. The van der Waals surface area contributed by atoms with Crippen LogP contribution in [0, 0.1) is 0 Å². The summed E-state index contributed by atoms with van der Waals surface area (Å²) in [5.41, 5.74) is 0. The van der Waals surface area contributed by atoms with E-state index in [9.17, 15) is 0 Å². The van der Waals surface area contributed by atoms with Crippen molar-refractivity contribution >= 4 is 15.0 Å². The maximum atomic E-state index is 1.58. The van der Waals surface area contributed by atoms with E-state index in [0.29, 0.717) is 0 Å². The van der Waals surface area contributed by atoms with Gasteiger partial charge < -0.3 is 0 Å². The van der Waals surface area contributed by atoms with Crippen LogP contribution in [0.3, 0.4) is 0 Å². The van der Waals surface area contributed by atoms with Crippen molar-refractivity contribution in [3.05, 3.63) is 0 Å². The molecule has 0 nitrogen and oxygen atoms in total. The molecule has 0 saturated heterocycles. The van der Waals surface area contributed by atoms with Crippen LogP contribution < -0.4 is 0 Å². The van der Waals surface area contributed by atoms with Gasteiger partial charge >= 0.3 is 88.8 Å². The van der Waals surface area contributed by atoms with E-state index in [0.717, 1.165) is 15.0 Å². The number of hydrogen-bond acceptors (Lipinski definition) is 0. The average Bonchev–Trinajstić information content (AvgIpc) is 2.21. The Hall–Kier alpha value is 0.519. The molecule has 2 saturated carbocycles. The van der Waals surface area contributed by atoms with Crippen LogP contribution in [0.1, 0.15) is 64.2 Å². The number of rotatable bonds is 2. The van der Waals surface area contributed by atoms with E-state index >= 15 is 0 Å². The van der Waals surface area contributed by atoms with Crippen molar-refractivity contribution in [2.75, 3.05) is 0 Å². The molecule has 2 fully saturated rings. The molecule has 0 amide bonds. The number of hydrogen-bond donors (Lipinski definition) is 0. The molecule has 0 atom stereocenters. The van der Waals surface area contributed by atoms with Crippen LogP contribution in [-0.4, -0.2) is 15.0 Å². The van der Waals surface area contributed by atoms with Crippen LogP contribution in [0.15, 0.2) is 0 Å². The fourth-order valence-corrected chi connectivity index (χ4v) is 6.36. The van der Waals surface area contributed by atoms with Crippen molar-refractivity contribution in [3.8, 4) is 0 Å². The van der Waals surface area contributed by atoms with Crippen LogP contribution >= 0.6 is 0 Å². The second-order valence-corrected chi connectivity index (χ2v) is 8.02. The Morgan fingerprint density at radius 2 is 0.923 bits per heavy atom. The summed E-state index contributed by atoms with van der Waals surface area (Å²) in [5, 5.41) is 0. The van der Waals surface area contributed by atoms with Crippen molar-refractivity contribution < 1.29 is 0 Å². The predicted molar refractivity (Wildman–Crippen MR) is 59.4 cm³/mol. The Morgan fingerprint density at radius 1 is 0.538 bits per heavy atom. The van der Waals surface area contributed by atoms with E-state index in [1.54, 1.807) is 51.4 Å². The molecule has 0 aliphatic heterocycles. The minimum absolute atomic E-state index is 1.01. The fourth-order valence-electron chi connectivity index (χ4n) is 2.67. The minimum atomic E-state index is 1.01. The molecule has 0 heterocycles. The standard InChI is InChI=1S/C12H22Se/c1-3-7-11(8-4-1)13-12-9-5-2-6-10-12/h11-12H,1-10H2. The molecular formula is C12H22Se. The Labute approximate surface area is 89.0 Å². The second kappa shape index (κ2) is 5.41. The van der Waals surface area contributed by atoms with Crippen molar-refractivity contribution in [2.24, 2.45) is 0 Å². The summed E-state index contributed by atoms with van der Waals surface area (Å²) in [6, 6.07) is 0. The summed E-state index contributed by atoms with van der Waals surface area (Å²) in [7, 11) is 0. The van der Waals surface area contributed by atoms with Crippen LogP contribution in [0.5, 0.6) is 0 Å². The first kappa shape index (κ1) is 10.1. The van der Waals surface area contributed by atoms with Crippen LogP contribution in [0.2, 0.25) is 9.63 Å². The van der Waals surface area contributed by atoms with Crippen molar-refractivity contribution in [1.82, 2.24) is 0 Å². The van der Waals surface area contributed by atoms with Gasteiger partial charge in [-0.25, -0.2) is 0 Å². The maximum absolute atomic E-state index is 1.58. The van der Waals surface area contributed by atoms with Crippen LogP contribution in [0.25, 0.3) is 0 Å².